The van der Waals surface area contributed by atoms with Gasteiger partial charge in [0.15, 0.2) is 0 Å². The number of pyridine rings is 1. The van der Waals surface area contributed by atoms with E-state index in [1.807, 2.05) is 0 Å². The predicted octanol–water partition coefficient (Wildman–Crippen LogP) is 3.71. The summed E-state index contributed by atoms with van der Waals surface area (Å²) in [6.45, 7) is 2.62. The van der Waals surface area contributed by atoms with Crippen LogP contribution in [0.5, 0.6) is 5.88 Å². The lowest BCUT2D eigenvalue weighted by molar-refractivity contribution is -0.137. The lowest BCUT2D eigenvalue weighted by Crippen LogP contribution is -2.19. The SMILES string of the molecule is C/C(=N\OCc1ccc(C(F)(F)F)cc1)c1ccc(OCC(=N)N)nc1.NCC1CC1. The van der Waals surface area contributed by atoms with Crippen molar-refractivity contribution in [2.45, 2.75) is 32.5 Å². The zero-order valence-electron chi connectivity index (χ0n) is 17.2. The molecule has 1 aromatic carbocycles. The van der Waals surface area contributed by atoms with Crippen molar-refractivity contribution in [2.75, 3.05) is 13.2 Å². The third kappa shape index (κ3) is 9.04. The highest BCUT2D eigenvalue weighted by Gasteiger charge is 2.29. The van der Waals surface area contributed by atoms with Crippen LogP contribution in [-0.4, -0.2) is 29.7 Å². The summed E-state index contributed by atoms with van der Waals surface area (Å²) in [4.78, 5) is 9.23. The molecule has 31 heavy (non-hydrogen) atoms. The van der Waals surface area contributed by atoms with Crippen LogP contribution in [0, 0.1) is 11.3 Å². The molecule has 0 radical (unpaired) electrons. The van der Waals surface area contributed by atoms with Gasteiger partial charge < -0.3 is 21.0 Å². The summed E-state index contributed by atoms with van der Waals surface area (Å²) < 4.78 is 42.7. The third-order valence-electron chi connectivity index (χ3n) is 4.27. The molecular weight excluding hydrogens is 411 g/mol. The van der Waals surface area contributed by atoms with Crippen LogP contribution in [-0.2, 0) is 17.6 Å². The van der Waals surface area contributed by atoms with Gasteiger partial charge in [0.1, 0.15) is 19.0 Å². The Bertz CT molecular complexity index is 864. The van der Waals surface area contributed by atoms with Crippen LogP contribution in [0.4, 0.5) is 13.2 Å². The number of alkyl halides is 3. The maximum atomic E-state index is 12.5. The van der Waals surface area contributed by atoms with Crippen molar-refractivity contribution in [1.82, 2.24) is 4.98 Å². The second kappa shape index (κ2) is 11.3. The summed E-state index contributed by atoms with van der Waals surface area (Å²) in [6.07, 6.45) is -0.0653. The number of oxime groups is 1. The summed E-state index contributed by atoms with van der Waals surface area (Å²) in [6, 6.07) is 8.00. The molecule has 1 fully saturated rings. The molecule has 1 aliphatic rings. The number of aromatic nitrogens is 1. The maximum absolute atomic E-state index is 12.5. The number of benzene rings is 1. The number of rotatable bonds is 8. The Morgan fingerprint density at radius 1 is 1.19 bits per heavy atom. The smallest absolute Gasteiger partial charge is 0.416 e. The minimum Gasteiger partial charge on any atom is -0.470 e. The molecule has 1 heterocycles. The first-order chi connectivity index (χ1) is 14.7. The van der Waals surface area contributed by atoms with Gasteiger partial charge in [-0.25, -0.2) is 4.98 Å². The number of halogens is 3. The van der Waals surface area contributed by atoms with Crippen molar-refractivity contribution < 1.29 is 22.7 Å². The molecule has 0 spiro atoms. The van der Waals surface area contributed by atoms with Crippen molar-refractivity contribution >= 4 is 11.5 Å². The molecule has 0 atom stereocenters. The van der Waals surface area contributed by atoms with Gasteiger partial charge >= 0.3 is 6.18 Å². The van der Waals surface area contributed by atoms with Gasteiger partial charge in [-0.3, -0.25) is 5.41 Å². The van der Waals surface area contributed by atoms with Crippen LogP contribution in [0.15, 0.2) is 47.8 Å². The minimum atomic E-state index is -4.36. The Morgan fingerprint density at radius 3 is 2.32 bits per heavy atom. The average molecular weight is 437 g/mol. The zero-order chi connectivity index (χ0) is 22.9. The predicted molar refractivity (Wildman–Crippen MR) is 112 cm³/mol. The Hall–Kier alpha value is -3.14. The van der Waals surface area contributed by atoms with E-state index >= 15 is 0 Å². The molecule has 168 valence electrons. The van der Waals surface area contributed by atoms with Gasteiger partial charge in [-0.05, 0) is 56.0 Å². The van der Waals surface area contributed by atoms with Gasteiger partial charge in [0.05, 0.1) is 11.3 Å². The standard InChI is InChI=1S/C17H17F3N4O2.C4H9N/c1-11(13-4-7-16(23-8-13)25-10-15(21)22)24-26-9-12-2-5-14(6-3-12)17(18,19)20;5-3-4-1-2-4/h2-8H,9-10H2,1H3,(H3,21,22);4H,1-3,5H2/b24-11+;. The fraction of sp³-hybridized carbons (Fsp3) is 0.381. The second-order valence-electron chi connectivity index (χ2n) is 7.02. The van der Waals surface area contributed by atoms with E-state index < -0.39 is 11.7 Å². The third-order valence-corrected chi connectivity index (χ3v) is 4.27. The Morgan fingerprint density at radius 2 is 1.87 bits per heavy atom. The molecule has 0 saturated heterocycles. The first-order valence-electron chi connectivity index (χ1n) is 9.64. The van der Waals surface area contributed by atoms with Gasteiger partial charge in [0.25, 0.3) is 0 Å². The lowest BCUT2D eigenvalue weighted by Gasteiger charge is -2.07. The normalized spacial score (nSPS) is 13.8. The number of amidine groups is 1. The minimum absolute atomic E-state index is 0.0444. The number of nitrogens with one attached hydrogen (secondary N) is 1. The molecule has 3 rings (SSSR count). The number of hydrogen-bond donors (Lipinski definition) is 3. The second-order valence-corrected chi connectivity index (χ2v) is 7.02. The maximum Gasteiger partial charge on any atom is 0.416 e. The van der Waals surface area contributed by atoms with E-state index in [0.29, 0.717) is 22.7 Å². The highest BCUT2D eigenvalue weighted by Crippen LogP contribution is 2.29. The fourth-order valence-electron chi connectivity index (χ4n) is 2.23. The summed E-state index contributed by atoms with van der Waals surface area (Å²) in [5.41, 5.74) is 11.5. The Balaban J connectivity index is 0.000000597. The van der Waals surface area contributed by atoms with E-state index in [2.05, 4.69) is 10.1 Å². The van der Waals surface area contributed by atoms with Crippen LogP contribution in [0.1, 0.15) is 36.5 Å². The number of nitrogens with zero attached hydrogens (tertiary/aromatic N) is 2. The fourth-order valence-corrected chi connectivity index (χ4v) is 2.23. The molecule has 0 amide bonds. The summed E-state index contributed by atoms with van der Waals surface area (Å²) in [5.74, 6) is 1.13. The van der Waals surface area contributed by atoms with E-state index in [1.54, 1.807) is 19.1 Å². The first-order valence-corrected chi connectivity index (χ1v) is 9.64. The molecule has 10 heteroatoms. The molecule has 0 aliphatic heterocycles. The zero-order valence-corrected chi connectivity index (χ0v) is 17.2. The van der Waals surface area contributed by atoms with E-state index in [1.165, 1.54) is 31.2 Å². The molecule has 7 nitrogen and oxygen atoms in total. The first kappa shape index (κ1) is 24.1. The van der Waals surface area contributed by atoms with Crippen LogP contribution >= 0.6 is 0 Å². The van der Waals surface area contributed by atoms with Crippen molar-refractivity contribution in [1.29, 1.82) is 5.41 Å². The largest absolute Gasteiger partial charge is 0.470 e. The van der Waals surface area contributed by atoms with Gasteiger partial charge in [-0.15, -0.1) is 0 Å². The van der Waals surface area contributed by atoms with Gasteiger partial charge in [-0.2, -0.15) is 13.2 Å². The number of hydrogen-bond acceptors (Lipinski definition) is 6. The Kier molecular flexibility index (Phi) is 8.80. The highest BCUT2D eigenvalue weighted by molar-refractivity contribution is 5.98. The molecule has 0 unspecified atom stereocenters. The molecular formula is C21H26F3N5O2. The van der Waals surface area contributed by atoms with Crippen molar-refractivity contribution in [3.8, 4) is 5.88 Å². The van der Waals surface area contributed by atoms with Crippen molar-refractivity contribution in [3.63, 3.8) is 0 Å². The van der Waals surface area contributed by atoms with Crippen LogP contribution < -0.4 is 16.2 Å². The van der Waals surface area contributed by atoms with Crippen molar-refractivity contribution in [3.05, 3.63) is 59.3 Å². The van der Waals surface area contributed by atoms with E-state index in [-0.39, 0.29) is 19.0 Å². The quantitative estimate of drug-likeness (QED) is 0.330. The molecule has 1 saturated carbocycles. The highest BCUT2D eigenvalue weighted by atomic mass is 19.4. The van der Waals surface area contributed by atoms with Crippen LogP contribution in [0.3, 0.4) is 0 Å². The van der Waals surface area contributed by atoms with E-state index in [4.69, 9.17) is 26.5 Å². The molecule has 5 N–H and O–H groups in total. The monoisotopic (exact) mass is 437 g/mol. The molecule has 0 bridgehead atoms. The molecule has 1 aliphatic carbocycles. The van der Waals surface area contributed by atoms with Crippen LogP contribution in [0.25, 0.3) is 0 Å². The van der Waals surface area contributed by atoms with Gasteiger partial charge in [0, 0.05) is 17.8 Å². The van der Waals surface area contributed by atoms with Gasteiger partial charge in [-0.1, -0.05) is 17.3 Å². The van der Waals surface area contributed by atoms with E-state index in [0.717, 1.165) is 24.6 Å². The summed E-state index contributed by atoms with van der Waals surface area (Å²) >= 11 is 0. The van der Waals surface area contributed by atoms with Crippen LogP contribution in [0.2, 0.25) is 0 Å². The topological polar surface area (TPSA) is 120 Å². The number of nitrogens with two attached hydrogens (primary N) is 2. The van der Waals surface area contributed by atoms with Crippen molar-refractivity contribution in [2.24, 2.45) is 22.5 Å². The molecule has 2 aromatic rings. The summed E-state index contributed by atoms with van der Waals surface area (Å²) in [5, 5.41) is 11.0. The average Bonchev–Trinajstić information content (AvgIpc) is 3.57. The van der Waals surface area contributed by atoms with Gasteiger partial charge in [0.2, 0.25) is 5.88 Å². The number of ether oxygens (including phenoxy) is 1. The van der Waals surface area contributed by atoms with E-state index in [9.17, 15) is 13.2 Å². The molecule has 1 aromatic heterocycles. The lowest BCUT2D eigenvalue weighted by atomic mass is 10.1. The summed E-state index contributed by atoms with van der Waals surface area (Å²) in [7, 11) is 0. The Labute approximate surface area is 178 Å².